The summed E-state index contributed by atoms with van der Waals surface area (Å²) in [5.74, 6) is -0.737. The fourth-order valence-electron chi connectivity index (χ4n) is 3.43. The number of nitrogens with zero attached hydrogens (tertiary/aromatic N) is 2. The molecule has 1 fully saturated rings. The predicted octanol–water partition coefficient (Wildman–Crippen LogP) is 3.81. The highest BCUT2D eigenvalue weighted by molar-refractivity contribution is 6.07. The number of carbonyl (C=O) groups excluding carboxylic acids is 2. The van der Waals surface area contributed by atoms with E-state index in [1.165, 1.54) is 29.2 Å². The molecule has 1 N–H and O–H groups in total. The average Bonchev–Trinajstić information content (AvgIpc) is 3.06. The second kappa shape index (κ2) is 8.20. The van der Waals surface area contributed by atoms with Crippen molar-refractivity contribution in [3.05, 3.63) is 54.3 Å². The second-order valence-corrected chi connectivity index (χ2v) is 6.50. The summed E-state index contributed by atoms with van der Waals surface area (Å²) in [7, 11) is 0. The molecule has 2 aromatic carbocycles. The predicted molar refractivity (Wildman–Crippen MR) is 106 cm³/mol. The van der Waals surface area contributed by atoms with Crippen LogP contribution >= 0.6 is 0 Å². The van der Waals surface area contributed by atoms with E-state index in [1.54, 1.807) is 0 Å². The number of halogens is 1. The van der Waals surface area contributed by atoms with Crippen LogP contribution in [-0.4, -0.2) is 30.9 Å². The molecular weight excluding hydrogens is 345 g/mol. The van der Waals surface area contributed by atoms with Crippen LogP contribution in [0.4, 0.5) is 21.5 Å². The molecule has 1 atom stereocenters. The van der Waals surface area contributed by atoms with Gasteiger partial charge in [0.05, 0.1) is 0 Å². The van der Waals surface area contributed by atoms with E-state index < -0.39 is 6.04 Å². The monoisotopic (exact) mass is 369 g/mol. The Bertz CT molecular complexity index is 801. The molecule has 6 heteroatoms. The molecule has 1 unspecified atom stereocenters. The van der Waals surface area contributed by atoms with Gasteiger partial charge in [0.15, 0.2) is 0 Å². The zero-order valence-corrected chi connectivity index (χ0v) is 15.6. The zero-order valence-electron chi connectivity index (χ0n) is 15.6. The maximum Gasteiger partial charge on any atom is 0.247 e. The lowest BCUT2D eigenvalue weighted by Crippen LogP contribution is -2.41. The summed E-state index contributed by atoms with van der Waals surface area (Å²) in [6.07, 6.45) is 0.746. The van der Waals surface area contributed by atoms with Crippen molar-refractivity contribution in [2.45, 2.75) is 32.7 Å². The third kappa shape index (κ3) is 4.10. The number of hydrogen-bond donors (Lipinski definition) is 1. The van der Waals surface area contributed by atoms with Crippen molar-refractivity contribution in [3.63, 3.8) is 0 Å². The van der Waals surface area contributed by atoms with E-state index in [0.717, 1.165) is 18.8 Å². The van der Waals surface area contributed by atoms with Gasteiger partial charge >= 0.3 is 0 Å². The minimum atomic E-state index is -0.592. The van der Waals surface area contributed by atoms with Crippen molar-refractivity contribution in [3.8, 4) is 0 Å². The van der Waals surface area contributed by atoms with Crippen LogP contribution in [-0.2, 0) is 9.59 Å². The second-order valence-electron chi connectivity index (χ2n) is 6.50. The van der Waals surface area contributed by atoms with Gasteiger partial charge in [-0.25, -0.2) is 4.39 Å². The van der Waals surface area contributed by atoms with Gasteiger partial charge < -0.3 is 10.2 Å². The fraction of sp³-hybridized carbons (Fsp3) is 0.333. The Hall–Kier alpha value is -2.89. The van der Waals surface area contributed by atoms with Gasteiger partial charge in [0.1, 0.15) is 11.9 Å². The van der Waals surface area contributed by atoms with Gasteiger partial charge in [-0.3, -0.25) is 14.5 Å². The molecule has 0 saturated carbocycles. The molecule has 5 nitrogen and oxygen atoms in total. The molecule has 2 amide bonds. The molecule has 1 saturated heterocycles. The zero-order chi connectivity index (χ0) is 19.4. The molecule has 3 rings (SSSR count). The van der Waals surface area contributed by atoms with E-state index in [-0.39, 0.29) is 17.6 Å². The van der Waals surface area contributed by atoms with Gasteiger partial charge in [0.25, 0.3) is 0 Å². The van der Waals surface area contributed by atoms with Crippen molar-refractivity contribution in [2.24, 2.45) is 0 Å². The average molecular weight is 369 g/mol. The van der Waals surface area contributed by atoms with Crippen molar-refractivity contribution < 1.29 is 14.0 Å². The highest BCUT2D eigenvalue weighted by Crippen LogP contribution is 2.28. The maximum atomic E-state index is 13.2. The minimum Gasteiger partial charge on any atom is -0.372 e. The molecule has 1 aliphatic rings. The van der Waals surface area contributed by atoms with E-state index >= 15 is 0 Å². The van der Waals surface area contributed by atoms with Crippen LogP contribution < -0.4 is 15.1 Å². The summed E-state index contributed by atoms with van der Waals surface area (Å²) >= 11 is 0. The van der Waals surface area contributed by atoms with E-state index in [4.69, 9.17) is 0 Å². The summed E-state index contributed by atoms with van der Waals surface area (Å²) in [6, 6.07) is 12.7. The molecule has 0 aromatic heterocycles. The highest BCUT2D eigenvalue weighted by Gasteiger charge is 2.37. The molecular formula is C21H24FN3O2. The quantitative estimate of drug-likeness (QED) is 0.843. The molecule has 1 aliphatic heterocycles. The number of nitrogens with one attached hydrogen (secondary N) is 1. The molecule has 1 heterocycles. The van der Waals surface area contributed by atoms with E-state index in [9.17, 15) is 14.0 Å². The van der Waals surface area contributed by atoms with Crippen LogP contribution in [0, 0.1) is 5.82 Å². The van der Waals surface area contributed by atoms with Gasteiger partial charge in [0.2, 0.25) is 11.8 Å². The first kappa shape index (κ1) is 18.9. The van der Waals surface area contributed by atoms with E-state index in [0.29, 0.717) is 24.2 Å². The number of hydrogen-bond acceptors (Lipinski definition) is 3. The lowest BCUT2D eigenvalue weighted by Gasteiger charge is -2.24. The van der Waals surface area contributed by atoms with Crippen molar-refractivity contribution in [1.82, 2.24) is 0 Å². The van der Waals surface area contributed by atoms with Crippen molar-refractivity contribution >= 4 is 28.9 Å². The third-order valence-corrected chi connectivity index (χ3v) is 4.88. The Morgan fingerprint density at radius 2 is 1.74 bits per heavy atom. The smallest absolute Gasteiger partial charge is 0.247 e. The van der Waals surface area contributed by atoms with Crippen LogP contribution in [0.2, 0.25) is 0 Å². The van der Waals surface area contributed by atoms with Crippen LogP contribution in [0.1, 0.15) is 26.7 Å². The Balaban J connectivity index is 1.73. The SMILES string of the molecule is CCN(CC)c1ccc(NC(=O)C2CCC(=O)N2c2ccc(F)cc2)cc1. The third-order valence-electron chi connectivity index (χ3n) is 4.88. The highest BCUT2D eigenvalue weighted by atomic mass is 19.1. The first-order valence-corrected chi connectivity index (χ1v) is 9.27. The van der Waals surface area contributed by atoms with Gasteiger partial charge in [0, 0.05) is 36.6 Å². The van der Waals surface area contributed by atoms with Crippen molar-refractivity contribution in [2.75, 3.05) is 28.2 Å². The van der Waals surface area contributed by atoms with Gasteiger partial charge in [-0.2, -0.15) is 0 Å². The van der Waals surface area contributed by atoms with Crippen LogP contribution in [0.5, 0.6) is 0 Å². The molecule has 0 radical (unpaired) electrons. The van der Waals surface area contributed by atoms with E-state index in [2.05, 4.69) is 24.1 Å². The number of rotatable bonds is 6. The van der Waals surface area contributed by atoms with Crippen molar-refractivity contribution in [1.29, 1.82) is 0 Å². The van der Waals surface area contributed by atoms with Crippen LogP contribution in [0.15, 0.2) is 48.5 Å². The lowest BCUT2D eigenvalue weighted by molar-refractivity contribution is -0.120. The Kier molecular flexibility index (Phi) is 5.74. The molecule has 0 spiro atoms. The first-order valence-electron chi connectivity index (χ1n) is 9.27. The van der Waals surface area contributed by atoms with Gasteiger partial charge in [-0.1, -0.05) is 0 Å². The fourth-order valence-corrected chi connectivity index (χ4v) is 3.43. The molecule has 142 valence electrons. The summed E-state index contributed by atoms with van der Waals surface area (Å²) in [4.78, 5) is 28.7. The summed E-state index contributed by atoms with van der Waals surface area (Å²) in [6.45, 7) is 6.03. The van der Waals surface area contributed by atoms with Crippen LogP contribution in [0.25, 0.3) is 0 Å². The van der Waals surface area contributed by atoms with E-state index in [1.807, 2.05) is 24.3 Å². The minimum absolute atomic E-state index is 0.126. The molecule has 27 heavy (non-hydrogen) atoms. The van der Waals surface area contributed by atoms with Crippen LogP contribution in [0.3, 0.4) is 0 Å². The molecule has 2 aromatic rings. The molecule has 0 aliphatic carbocycles. The number of benzene rings is 2. The number of carbonyl (C=O) groups is 2. The Labute approximate surface area is 158 Å². The largest absolute Gasteiger partial charge is 0.372 e. The summed E-state index contributed by atoms with van der Waals surface area (Å²) in [5.41, 5.74) is 2.33. The molecule has 0 bridgehead atoms. The maximum absolute atomic E-state index is 13.2. The topological polar surface area (TPSA) is 52.7 Å². The normalized spacial score (nSPS) is 16.5. The van der Waals surface area contributed by atoms with Gasteiger partial charge in [-0.05, 0) is 68.8 Å². The Morgan fingerprint density at radius 1 is 1.11 bits per heavy atom. The number of anilines is 3. The number of amides is 2. The first-order chi connectivity index (χ1) is 13.0. The lowest BCUT2D eigenvalue weighted by atomic mass is 10.1. The summed E-state index contributed by atoms with van der Waals surface area (Å²) in [5, 5.41) is 2.89. The standard InChI is InChI=1S/C21H24FN3O2/c1-3-24(4-2)17-11-7-16(8-12-17)23-21(27)19-13-14-20(26)25(19)18-9-5-15(22)6-10-18/h5-12,19H,3-4,13-14H2,1-2H3,(H,23,27). The Morgan fingerprint density at radius 3 is 2.33 bits per heavy atom. The summed E-state index contributed by atoms with van der Waals surface area (Å²) < 4.78 is 13.2. The van der Waals surface area contributed by atoms with Gasteiger partial charge in [-0.15, -0.1) is 0 Å².